The molecule has 0 aromatic heterocycles. The molecule has 0 spiro atoms. The van der Waals surface area contributed by atoms with Gasteiger partial charge in [0.1, 0.15) is 0 Å². The van der Waals surface area contributed by atoms with Crippen molar-refractivity contribution in [3.63, 3.8) is 0 Å². The molecule has 0 saturated carbocycles. The van der Waals surface area contributed by atoms with Crippen molar-refractivity contribution < 1.29 is 51.0 Å². The van der Waals surface area contributed by atoms with E-state index in [-0.39, 0.29) is 0 Å². The molecule has 0 amide bonds. The molecule has 1 aliphatic heterocycles. The van der Waals surface area contributed by atoms with Gasteiger partial charge in [0.2, 0.25) is 0 Å². The fourth-order valence-corrected chi connectivity index (χ4v) is 1.30. The highest BCUT2D eigenvalue weighted by atomic mass is 19.4. The van der Waals surface area contributed by atoms with Gasteiger partial charge in [0, 0.05) is 0 Å². The first-order valence-corrected chi connectivity index (χ1v) is 4.77. The molecule has 1 rings (SSSR count). The topological polar surface area (TPSA) is 86.8 Å². The third kappa shape index (κ3) is 2.18. The molecular formula is C8H7F6NO5. The van der Waals surface area contributed by atoms with Crippen molar-refractivity contribution in [1.29, 1.82) is 0 Å². The predicted molar refractivity (Wildman–Crippen MR) is 46.3 cm³/mol. The Balaban J connectivity index is 3.09. The third-order valence-corrected chi connectivity index (χ3v) is 2.74. The van der Waals surface area contributed by atoms with Crippen LogP contribution in [0.1, 0.15) is 6.92 Å². The quantitative estimate of drug-likeness (QED) is 0.458. The molecule has 1 fully saturated rings. The van der Waals surface area contributed by atoms with Crippen LogP contribution in [0.5, 0.6) is 0 Å². The Bertz CT molecular complexity index is 416. The van der Waals surface area contributed by atoms with Gasteiger partial charge in [-0.15, -0.1) is 0 Å². The zero-order valence-corrected chi connectivity index (χ0v) is 9.54. The summed E-state index contributed by atoms with van der Waals surface area (Å²) in [5, 5.41) is 16.4. The zero-order chi connectivity index (χ0) is 16.1. The normalized spacial score (nSPS) is 22.4. The van der Waals surface area contributed by atoms with Crippen molar-refractivity contribution in [2.75, 3.05) is 6.54 Å². The van der Waals surface area contributed by atoms with Gasteiger partial charge < -0.3 is 10.2 Å². The molecule has 0 bridgehead atoms. The number of carboxylic acids is 2. The average Bonchev–Trinajstić information content (AvgIpc) is 2.90. The van der Waals surface area contributed by atoms with Gasteiger partial charge in [0.15, 0.2) is 0 Å². The molecule has 0 radical (unpaired) electrons. The van der Waals surface area contributed by atoms with Crippen LogP contribution in [-0.2, 0) is 14.4 Å². The van der Waals surface area contributed by atoms with Crippen LogP contribution >= 0.6 is 0 Å². The van der Waals surface area contributed by atoms with Crippen molar-refractivity contribution >= 4 is 11.9 Å². The molecule has 6 nitrogen and oxygen atoms in total. The third-order valence-electron chi connectivity index (χ3n) is 2.74. The number of carbonyl (C=O) groups is 2. The van der Waals surface area contributed by atoms with E-state index in [4.69, 9.17) is 10.2 Å². The number of halogens is 6. The number of alkyl halides is 6. The molecule has 0 aliphatic carbocycles. The Morgan fingerprint density at radius 1 is 1.05 bits per heavy atom. The molecule has 1 aliphatic rings. The predicted octanol–water partition coefficient (Wildman–Crippen LogP) is 1.02. The summed E-state index contributed by atoms with van der Waals surface area (Å²) < 4.78 is 74.9. The van der Waals surface area contributed by atoms with Gasteiger partial charge in [-0.2, -0.15) is 31.4 Å². The zero-order valence-electron chi connectivity index (χ0n) is 9.54. The fraction of sp³-hybridized carbons (Fsp3) is 0.750. The number of hydrogen-bond donors (Lipinski definition) is 2. The van der Waals surface area contributed by atoms with Gasteiger partial charge in [-0.1, -0.05) is 0 Å². The van der Waals surface area contributed by atoms with E-state index in [0.717, 1.165) is 0 Å². The lowest BCUT2D eigenvalue weighted by Gasteiger charge is -2.26. The highest BCUT2D eigenvalue weighted by molar-refractivity contribution is 6.01. The first-order valence-electron chi connectivity index (χ1n) is 4.77. The maximum Gasteiger partial charge on any atom is 0.419 e. The van der Waals surface area contributed by atoms with E-state index in [2.05, 4.69) is 4.84 Å². The standard InChI is InChI=1S/C8H7F6NO5/c1-5(3(16)17,4(18)19)20-15-2-6(15,7(9,10)11)8(12,13)14/h2H2,1H3,(H,16,17)(H,18,19). The SMILES string of the molecule is CC(ON1CC1(C(F)(F)F)C(F)(F)F)(C(=O)O)C(=O)O. The molecule has 116 valence electrons. The summed E-state index contributed by atoms with van der Waals surface area (Å²) in [6.45, 7) is -1.41. The largest absolute Gasteiger partial charge is 0.479 e. The van der Waals surface area contributed by atoms with Gasteiger partial charge in [-0.25, -0.2) is 9.59 Å². The van der Waals surface area contributed by atoms with E-state index in [1.165, 1.54) is 0 Å². The van der Waals surface area contributed by atoms with Gasteiger partial charge in [-0.3, -0.25) is 4.84 Å². The van der Waals surface area contributed by atoms with Crippen molar-refractivity contribution in [2.24, 2.45) is 0 Å². The van der Waals surface area contributed by atoms with E-state index in [0.29, 0.717) is 6.92 Å². The van der Waals surface area contributed by atoms with Crippen LogP contribution in [0.3, 0.4) is 0 Å². The van der Waals surface area contributed by atoms with E-state index >= 15 is 0 Å². The van der Waals surface area contributed by atoms with Crippen LogP contribution < -0.4 is 0 Å². The monoisotopic (exact) mass is 311 g/mol. The number of hydroxylamine groups is 2. The molecule has 1 atom stereocenters. The summed E-state index contributed by atoms with van der Waals surface area (Å²) in [6, 6.07) is 0. The molecule has 1 saturated heterocycles. The first kappa shape index (κ1) is 16.5. The Kier molecular flexibility index (Phi) is 3.48. The lowest BCUT2D eigenvalue weighted by molar-refractivity contribution is -0.319. The van der Waals surface area contributed by atoms with Crippen LogP contribution in [0.15, 0.2) is 0 Å². The van der Waals surface area contributed by atoms with Gasteiger partial charge in [-0.05, 0) is 6.92 Å². The number of rotatable bonds is 4. The molecule has 1 heterocycles. The average molecular weight is 311 g/mol. The number of carboxylic acid groups (broad SMARTS) is 2. The highest BCUT2D eigenvalue weighted by Gasteiger charge is 2.85. The molecule has 0 aromatic rings. The Morgan fingerprint density at radius 2 is 1.40 bits per heavy atom. The molecule has 0 aromatic carbocycles. The number of aliphatic carboxylic acids is 2. The maximum absolute atomic E-state index is 12.5. The van der Waals surface area contributed by atoms with E-state index < -0.39 is 47.0 Å². The second-order valence-corrected chi connectivity index (χ2v) is 4.13. The second kappa shape index (κ2) is 4.22. The Labute approximate surface area is 106 Å². The van der Waals surface area contributed by atoms with Crippen molar-refractivity contribution in [3.05, 3.63) is 0 Å². The summed E-state index contributed by atoms with van der Waals surface area (Å²) in [6.07, 6.45) is -11.6. The fourth-order valence-electron chi connectivity index (χ4n) is 1.30. The molecule has 20 heavy (non-hydrogen) atoms. The minimum atomic E-state index is -5.80. The summed E-state index contributed by atoms with van der Waals surface area (Å²) >= 11 is 0. The van der Waals surface area contributed by atoms with Crippen LogP contribution in [0.2, 0.25) is 0 Å². The van der Waals surface area contributed by atoms with Crippen LogP contribution in [0.4, 0.5) is 26.3 Å². The van der Waals surface area contributed by atoms with E-state index in [1.54, 1.807) is 0 Å². The smallest absolute Gasteiger partial charge is 0.419 e. The highest BCUT2D eigenvalue weighted by Crippen LogP contribution is 2.57. The van der Waals surface area contributed by atoms with Gasteiger partial charge in [0.25, 0.3) is 11.1 Å². The summed E-state index contributed by atoms with van der Waals surface area (Å²) in [5.41, 5.74) is -7.66. The van der Waals surface area contributed by atoms with E-state index in [1.807, 2.05) is 0 Å². The lowest BCUT2D eigenvalue weighted by Crippen LogP contribution is -2.54. The van der Waals surface area contributed by atoms with Crippen molar-refractivity contribution in [3.8, 4) is 0 Å². The maximum atomic E-state index is 12.5. The molecular weight excluding hydrogens is 304 g/mol. The molecule has 1 unspecified atom stereocenters. The Hall–Kier alpha value is -1.56. The van der Waals surface area contributed by atoms with Crippen LogP contribution in [0.25, 0.3) is 0 Å². The lowest BCUT2D eigenvalue weighted by atomic mass is 10.1. The Morgan fingerprint density at radius 3 is 1.60 bits per heavy atom. The molecule has 2 N–H and O–H groups in total. The van der Waals surface area contributed by atoms with Gasteiger partial charge in [0.05, 0.1) is 6.54 Å². The number of hydrogen-bond acceptors (Lipinski definition) is 4. The van der Waals surface area contributed by atoms with Crippen molar-refractivity contribution in [2.45, 2.75) is 30.4 Å². The van der Waals surface area contributed by atoms with E-state index in [9.17, 15) is 35.9 Å². The molecule has 12 heteroatoms. The minimum absolute atomic E-state index is 0.327. The van der Waals surface area contributed by atoms with Crippen LogP contribution in [0, 0.1) is 0 Å². The summed E-state index contributed by atoms with van der Waals surface area (Å²) in [7, 11) is 0. The summed E-state index contributed by atoms with van der Waals surface area (Å²) in [5.74, 6) is -4.48. The minimum Gasteiger partial charge on any atom is -0.479 e. The van der Waals surface area contributed by atoms with Crippen LogP contribution in [-0.4, -0.2) is 57.3 Å². The first-order chi connectivity index (χ1) is 8.70. The number of nitrogens with zero attached hydrogens (tertiary/aromatic N) is 1. The van der Waals surface area contributed by atoms with Gasteiger partial charge >= 0.3 is 24.3 Å². The van der Waals surface area contributed by atoms with Crippen molar-refractivity contribution in [1.82, 2.24) is 5.06 Å². The summed E-state index contributed by atoms with van der Waals surface area (Å²) in [4.78, 5) is 25.2. The second-order valence-electron chi connectivity index (χ2n) is 4.13.